The van der Waals surface area contributed by atoms with Gasteiger partial charge in [0.15, 0.2) is 0 Å². The highest BCUT2D eigenvalue weighted by Gasteiger charge is 2.43. The molecule has 0 aromatic rings. The fraction of sp³-hybridized carbons (Fsp3) is 0.684. The van der Waals surface area contributed by atoms with Crippen molar-refractivity contribution in [1.29, 1.82) is 0 Å². The molecule has 2 nitrogen and oxygen atoms in total. The first-order valence-corrected chi connectivity index (χ1v) is 8.44. The van der Waals surface area contributed by atoms with Crippen LogP contribution >= 0.6 is 0 Å². The van der Waals surface area contributed by atoms with Crippen molar-refractivity contribution in [3.8, 4) is 0 Å². The third kappa shape index (κ3) is 4.08. The minimum Gasteiger partial charge on any atom is -0.385 e. The topological polar surface area (TPSA) is 23.5 Å². The van der Waals surface area contributed by atoms with Crippen molar-refractivity contribution >= 4 is 0 Å². The van der Waals surface area contributed by atoms with Crippen molar-refractivity contribution in [2.24, 2.45) is 11.8 Å². The number of allylic oxidation sites excluding steroid dienone is 1. The van der Waals surface area contributed by atoms with Gasteiger partial charge in [0.25, 0.3) is 0 Å². The van der Waals surface area contributed by atoms with Gasteiger partial charge in [0.1, 0.15) is 0 Å². The molecule has 0 bridgehead atoms. The first kappa shape index (κ1) is 16.5. The van der Waals surface area contributed by atoms with E-state index in [1.165, 1.54) is 6.42 Å². The lowest BCUT2D eigenvalue weighted by molar-refractivity contribution is 0.184. The van der Waals surface area contributed by atoms with Gasteiger partial charge < -0.3 is 10.0 Å². The molecule has 2 aliphatic carbocycles. The summed E-state index contributed by atoms with van der Waals surface area (Å²) in [7, 11) is 2.24. The van der Waals surface area contributed by atoms with Crippen molar-refractivity contribution < 1.29 is 5.11 Å². The van der Waals surface area contributed by atoms with Crippen LogP contribution < -0.4 is 0 Å². The van der Waals surface area contributed by atoms with E-state index >= 15 is 0 Å². The van der Waals surface area contributed by atoms with Crippen molar-refractivity contribution in [3.05, 3.63) is 36.0 Å². The van der Waals surface area contributed by atoms with Gasteiger partial charge in [0, 0.05) is 12.6 Å². The molecule has 0 aliphatic heterocycles. The van der Waals surface area contributed by atoms with Gasteiger partial charge in [0.2, 0.25) is 0 Å². The Morgan fingerprint density at radius 1 is 1.48 bits per heavy atom. The molecule has 0 saturated heterocycles. The number of nitrogens with zero attached hydrogens (tertiary/aromatic N) is 1. The minimum atomic E-state index is -0.499. The first-order valence-electron chi connectivity index (χ1n) is 8.44. The zero-order valence-electron chi connectivity index (χ0n) is 14.0. The van der Waals surface area contributed by atoms with Crippen LogP contribution in [0.4, 0.5) is 0 Å². The molecular formula is C19H31NO. The number of rotatable bonds is 6. The summed E-state index contributed by atoms with van der Waals surface area (Å²) in [4.78, 5) is 2.50. The highest BCUT2D eigenvalue weighted by molar-refractivity contribution is 5.36. The Labute approximate surface area is 130 Å². The summed E-state index contributed by atoms with van der Waals surface area (Å²) in [5, 5.41) is 10.3. The second kappa shape index (κ2) is 6.93. The standard InChI is InChI=1S/C19H31NO/c1-5-7-16(6-2)14-20(4)18-11-10-17(9-8-15(18)3)19(21)12-13-19/h5,7-10,15-16,18,21H,6,11-14H2,1-4H3. The Hall–Kier alpha value is -0.860. The maximum atomic E-state index is 10.3. The van der Waals surface area contributed by atoms with Crippen LogP contribution in [0, 0.1) is 11.8 Å². The highest BCUT2D eigenvalue weighted by atomic mass is 16.3. The lowest BCUT2D eigenvalue weighted by Gasteiger charge is -2.32. The number of hydrogen-bond donors (Lipinski definition) is 1. The molecule has 0 aromatic carbocycles. The Bertz CT molecular complexity index is 431. The maximum absolute atomic E-state index is 10.3. The molecule has 0 heterocycles. The average molecular weight is 289 g/mol. The second-order valence-electron chi connectivity index (χ2n) is 6.85. The molecule has 2 aliphatic rings. The predicted molar refractivity (Wildman–Crippen MR) is 90.2 cm³/mol. The SMILES string of the molecule is CC=CC(CC)CN(C)C1CC=C(C2(O)CC2)C=CC1C. The Balaban J connectivity index is 2.02. The lowest BCUT2D eigenvalue weighted by atomic mass is 9.96. The number of hydrogen-bond acceptors (Lipinski definition) is 2. The van der Waals surface area contributed by atoms with Gasteiger partial charge in [0.05, 0.1) is 5.60 Å². The fourth-order valence-electron chi connectivity index (χ4n) is 3.35. The van der Waals surface area contributed by atoms with Crippen LogP contribution in [0.25, 0.3) is 0 Å². The maximum Gasteiger partial charge on any atom is 0.0895 e. The normalized spacial score (nSPS) is 29.5. The van der Waals surface area contributed by atoms with Crippen LogP contribution in [0.1, 0.15) is 46.5 Å². The van der Waals surface area contributed by atoms with E-state index in [4.69, 9.17) is 0 Å². The van der Waals surface area contributed by atoms with Crippen LogP contribution in [0.15, 0.2) is 36.0 Å². The zero-order valence-corrected chi connectivity index (χ0v) is 14.0. The van der Waals surface area contributed by atoms with E-state index in [1.807, 2.05) is 0 Å². The molecule has 118 valence electrons. The second-order valence-corrected chi connectivity index (χ2v) is 6.85. The quantitative estimate of drug-likeness (QED) is 0.749. The van der Waals surface area contributed by atoms with Crippen LogP contribution in [-0.2, 0) is 0 Å². The zero-order chi connectivity index (χ0) is 15.5. The van der Waals surface area contributed by atoms with Crippen molar-refractivity contribution in [3.63, 3.8) is 0 Å². The van der Waals surface area contributed by atoms with Crippen molar-refractivity contribution in [2.75, 3.05) is 13.6 Å². The Morgan fingerprint density at radius 2 is 2.19 bits per heavy atom. The van der Waals surface area contributed by atoms with Gasteiger partial charge in [-0.05, 0) is 57.1 Å². The Kier molecular flexibility index (Phi) is 5.45. The van der Waals surface area contributed by atoms with E-state index in [1.54, 1.807) is 0 Å². The van der Waals surface area contributed by atoms with Gasteiger partial charge in [-0.25, -0.2) is 0 Å². The molecule has 2 heteroatoms. The third-order valence-corrected chi connectivity index (χ3v) is 5.10. The minimum absolute atomic E-state index is 0.499. The van der Waals surface area contributed by atoms with Crippen LogP contribution in [0.3, 0.4) is 0 Å². The van der Waals surface area contributed by atoms with E-state index in [2.05, 4.69) is 63.1 Å². The summed E-state index contributed by atoms with van der Waals surface area (Å²) in [5.41, 5.74) is 0.645. The van der Waals surface area contributed by atoms with Crippen LogP contribution in [0.5, 0.6) is 0 Å². The molecule has 0 aromatic heterocycles. The van der Waals surface area contributed by atoms with Crippen LogP contribution in [0.2, 0.25) is 0 Å². The van der Waals surface area contributed by atoms with E-state index in [9.17, 15) is 5.11 Å². The van der Waals surface area contributed by atoms with E-state index in [-0.39, 0.29) is 0 Å². The fourth-order valence-corrected chi connectivity index (χ4v) is 3.35. The van der Waals surface area contributed by atoms with E-state index in [0.29, 0.717) is 17.9 Å². The van der Waals surface area contributed by atoms with Gasteiger partial charge in [-0.3, -0.25) is 0 Å². The van der Waals surface area contributed by atoms with Crippen LogP contribution in [-0.4, -0.2) is 35.2 Å². The molecule has 21 heavy (non-hydrogen) atoms. The van der Waals surface area contributed by atoms with Gasteiger partial charge in [-0.1, -0.05) is 44.2 Å². The summed E-state index contributed by atoms with van der Waals surface area (Å²) in [6.45, 7) is 7.76. The van der Waals surface area contributed by atoms with Gasteiger partial charge >= 0.3 is 0 Å². The Morgan fingerprint density at radius 3 is 2.76 bits per heavy atom. The molecule has 0 radical (unpaired) electrons. The predicted octanol–water partition coefficient (Wildman–Crippen LogP) is 3.94. The van der Waals surface area contributed by atoms with Crippen molar-refractivity contribution in [2.45, 2.75) is 58.1 Å². The molecule has 2 rings (SSSR count). The van der Waals surface area contributed by atoms with Crippen molar-refractivity contribution in [1.82, 2.24) is 4.90 Å². The summed E-state index contributed by atoms with van der Waals surface area (Å²) < 4.78 is 0. The summed E-state index contributed by atoms with van der Waals surface area (Å²) >= 11 is 0. The molecule has 1 N–H and O–H groups in total. The van der Waals surface area contributed by atoms with E-state index < -0.39 is 5.60 Å². The smallest absolute Gasteiger partial charge is 0.0895 e. The monoisotopic (exact) mass is 289 g/mol. The third-order valence-electron chi connectivity index (χ3n) is 5.10. The lowest BCUT2D eigenvalue weighted by Crippen LogP contribution is -2.38. The van der Waals surface area contributed by atoms with Gasteiger partial charge in [-0.15, -0.1) is 0 Å². The summed E-state index contributed by atoms with van der Waals surface area (Å²) in [6.07, 6.45) is 15.3. The highest BCUT2D eigenvalue weighted by Crippen LogP contribution is 2.43. The molecule has 1 saturated carbocycles. The van der Waals surface area contributed by atoms with E-state index in [0.717, 1.165) is 31.4 Å². The molecule has 3 atom stereocenters. The molecular weight excluding hydrogens is 258 g/mol. The molecule has 3 unspecified atom stereocenters. The molecule has 0 spiro atoms. The number of aliphatic hydroxyl groups is 1. The summed E-state index contributed by atoms with van der Waals surface area (Å²) in [6, 6.07) is 0.528. The largest absolute Gasteiger partial charge is 0.385 e. The first-order chi connectivity index (χ1) is 10.00. The van der Waals surface area contributed by atoms with Gasteiger partial charge in [-0.2, -0.15) is 0 Å². The average Bonchev–Trinajstić information content (AvgIpc) is 3.22. The molecule has 0 amide bonds. The summed E-state index contributed by atoms with van der Waals surface area (Å²) in [5.74, 6) is 1.16. The molecule has 1 fully saturated rings.